The first kappa shape index (κ1) is 7.80. The lowest BCUT2D eigenvalue weighted by Gasteiger charge is -2.14. The predicted octanol–water partition coefficient (Wildman–Crippen LogP) is 2.38. The van der Waals surface area contributed by atoms with Crippen molar-refractivity contribution in [1.29, 1.82) is 0 Å². The van der Waals surface area contributed by atoms with Crippen molar-refractivity contribution in [2.75, 3.05) is 7.11 Å². The minimum Gasteiger partial charge on any atom is -0.377 e. The minimum atomic E-state index is 0.394. The van der Waals surface area contributed by atoms with Crippen LogP contribution in [0.4, 0.5) is 0 Å². The summed E-state index contributed by atoms with van der Waals surface area (Å²) in [5.41, 5.74) is 1.48. The fourth-order valence-corrected chi connectivity index (χ4v) is 1.65. The first-order valence-corrected chi connectivity index (χ1v) is 3.98. The maximum absolute atomic E-state index is 5.31. The molecular weight excluding hydrogens is 124 g/mol. The van der Waals surface area contributed by atoms with Gasteiger partial charge in [-0.05, 0) is 19.3 Å². The van der Waals surface area contributed by atoms with Crippen LogP contribution < -0.4 is 0 Å². The molecule has 0 aromatic heterocycles. The smallest absolute Gasteiger partial charge is 0.0785 e. The van der Waals surface area contributed by atoms with Crippen LogP contribution in [0.5, 0.6) is 0 Å². The molecule has 0 radical (unpaired) electrons. The van der Waals surface area contributed by atoms with Gasteiger partial charge in [0, 0.05) is 7.11 Å². The van der Waals surface area contributed by atoms with Gasteiger partial charge in [0.25, 0.3) is 0 Å². The fourth-order valence-electron chi connectivity index (χ4n) is 1.65. The van der Waals surface area contributed by atoms with Gasteiger partial charge < -0.3 is 4.74 Å². The molecule has 1 rings (SSSR count). The Kier molecular flexibility index (Phi) is 2.50. The summed E-state index contributed by atoms with van der Waals surface area (Å²) in [6.45, 7) is 4.41. The summed E-state index contributed by atoms with van der Waals surface area (Å²) in [5, 5.41) is 0. The van der Waals surface area contributed by atoms with Crippen molar-refractivity contribution in [1.82, 2.24) is 0 Å². The van der Waals surface area contributed by atoms with Crippen molar-refractivity contribution in [3.63, 3.8) is 0 Å². The van der Waals surface area contributed by atoms with Gasteiger partial charge >= 0.3 is 0 Å². The van der Waals surface area contributed by atoms with Gasteiger partial charge in [-0.15, -0.1) is 0 Å². The fraction of sp³-hybridized carbons (Fsp3) is 0.778. The van der Waals surface area contributed by atoms with Gasteiger partial charge in [0.05, 0.1) is 6.10 Å². The van der Waals surface area contributed by atoms with Crippen LogP contribution in [0.15, 0.2) is 11.6 Å². The van der Waals surface area contributed by atoms with Gasteiger partial charge in [-0.1, -0.05) is 25.0 Å². The molecule has 1 heteroatoms. The second-order valence-corrected chi connectivity index (χ2v) is 3.09. The zero-order valence-corrected chi connectivity index (χ0v) is 7.05. The van der Waals surface area contributed by atoms with Crippen molar-refractivity contribution in [3.8, 4) is 0 Å². The second kappa shape index (κ2) is 3.20. The Hall–Kier alpha value is -0.300. The highest BCUT2D eigenvalue weighted by atomic mass is 16.5. The van der Waals surface area contributed by atoms with Crippen LogP contribution in [0.2, 0.25) is 0 Å². The van der Waals surface area contributed by atoms with Crippen LogP contribution in [0, 0.1) is 5.92 Å². The Morgan fingerprint density at radius 2 is 2.40 bits per heavy atom. The monoisotopic (exact) mass is 140 g/mol. The summed E-state index contributed by atoms with van der Waals surface area (Å²) >= 11 is 0. The van der Waals surface area contributed by atoms with E-state index in [9.17, 15) is 0 Å². The lowest BCUT2D eigenvalue weighted by molar-refractivity contribution is 0.0972. The van der Waals surface area contributed by atoms with E-state index in [4.69, 9.17) is 4.74 Å². The van der Waals surface area contributed by atoms with E-state index in [0.29, 0.717) is 6.10 Å². The van der Waals surface area contributed by atoms with Crippen molar-refractivity contribution < 1.29 is 4.74 Å². The number of hydrogen-bond donors (Lipinski definition) is 0. The lowest BCUT2D eigenvalue weighted by Crippen LogP contribution is -2.14. The maximum Gasteiger partial charge on any atom is 0.0785 e. The topological polar surface area (TPSA) is 9.23 Å². The third-order valence-electron chi connectivity index (χ3n) is 2.29. The average Bonchev–Trinajstić information content (AvgIpc) is 2.30. The molecule has 0 spiro atoms. The number of hydrogen-bond acceptors (Lipinski definition) is 1. The molecule has 0 fully saturated rings. The molecule has 2 unspecified atom stereocenters. The normalized spacial score (nSPS) is 32.5. The van der Waals surface area contributed by atoms with Crippen molar-refractivity contribution in [3.05, 3.63) is 11.6 Å². The Labute approximate surface area is 63.1 Å². The number of rotatable bonds is 2. The van der Waals surface area contributed by atoms with Gasteiger partial charge in [-0.2, -0.15) is 0 Å². The zero-order valence-electron chi connectivity index (χ0n) is 7.05. The second-order valence-electron chi connectivity index (χ2n) is 3.09. The predicted molar refractivity (Wildman–Crippen MR) is 43.0 cm³/mol. The number of ether oxygens (including phenoxy) is 1. The summed E-state index contributed by atoms with van der Waals surface area (Å²) in [5.74, 6) is 0.741. The van der Waals surface area contributed by atoms with E-state index in [-0.39, 0.29) is 0 Å². The van der Waals surface area contributed by atoms with E-state index in [1.54, 1.807) is 7.11 Å². The molecule has 0 saturated heterocycles. The third kappa shape index (κ3) is 1.40. The van der Waals surface area contributed by atoms with Crippen LogP contribution in [0.1, 0.15) is 26.7 Å². The molecule has 0 saturated carbocycles. The number of allylic oxidation sites excluding steroid dienone is 1. The van der Waals surface area contributed by atoms with E-state index in [1.807, 2.05) is 0 Å². The molecule has 1 aliphatic rings. The Balaban J connectivity index is 2.52. The standard InChI is InChI=1S/C9H16O/c1-4-8-5-7(2)6-9(8)10-3/h6,8-9H,4-5H2,1-3H3. The molecule has 0 aromatic rings. The molecule has 1 nitrogen and oxygen atoms in total. The van der Waals surface area contributed by atoms with Gasteiger partial charge in [-0.3, -0.25) is 0 Å². The average molecular weight is 140 g/mol. The molecule has 58 valence electrons. The SMILES string of the molecule is CCC1CC(C)=CC1OC. The highest BCUT2D eigenvalue weighted by Gasteiger charge is 2.23. The largest absolute Gasteiger partial charge is 0.377 e. The highest BCUT2D eigenvalue weighted by Crippen LogP contribution is 2.28. The molecule has 0 heterocycles. The van der Waals surface area contributed by atoms with Gasteiger partial charge in [0.2, 0.25) is 0 Å². The van der Waals surface area contributed by atoms with E-state index < -0.39 is 0 Å². The van der Waals surface area contributed by atoms with Crippen molar-refractivity contribution in [2.45, 2.75) is 32.8 Å². The van der Waals surface area contributed by atoms with E-state index >= 15 is 0 Å². The Morgan fingerprint density at radius 3 is 2.80 bits per heavy atom. The Morgan fingerprint density at radius 1 is 1.70 bits per heavy atom. The molecule has 0 bridgehead atoms. The summed E-state index contributed by atoms with van der Waals surface area (Å²) in [7, 11) is 1.79. The Bertz CT molecular complexity index is 138. The van der Waals surface area contributed by atoms with E-state index in [2.05, 4.69) is 19.9 Å². The summed E-state index contributed by atoms with van der Waals surface area (Å²) in [6.07, 6.45) is 5.10. The van der Waals surface area contributed by atoms with E-state index in [0.717, 1.165) is 5.92 Å². The van der Waals surface area contributed by atoms with Crippen LogP contribution in [0.3, 0.4) is 0 Å². The quantitative estimate of drug-likeness (QED) is 0.535. The third-order valence-corrected chi connectivity index (χ3v) is 2.29. The highest BCUT2D eigenvalue weighted by molar-refractivity contribution is 5.12. The lowest BCUT2D eigenvalue weighted by atomic mass is 10.0. The number of methoxy groups -OCH3 is 1. The van der Waals surface area contributed by atoms with Gasteiger partial charge in [-0.25, -0.2) is 0 Å². The van der Waals surface area contributed by atoms with Gasteiger partial charge in [0.1, 0.15) is 0 Å². The summed E-state index contributed by atoms with van der Waals surface area (Å²) in [6, 6.07) is 0. The van der Waals surface area contributed by atoms with Crippen LogP contribution in [-0.4, -0.2) is 13.2 Å². The van der Waals surface area contributed by atoms with Crippen LogP contribution in [-0.2, 0) is 4.74 Å². The van der Waals surface area contributed by atoms with Gasteiger partial charge in [0.15, 0.2) is 0 Å². The first-order valence-electron chi connectivity index (χ1n) is 3.98. The van der Waals surface area contributed by atoms with Crippen molar-refractivity contribution in [2.24, 2.45) is 5.92 Å². The maximum atomic E-state index is 5.31. The first-order chi connectivity index (χ1) is 4.77. The molecule has 0 aliphatic heterocycles. The zero-order chi connectivity index (χ0) is 7.56. The molecule has 2 atom stereocenters. The molecule has 0 N–H and O–H groups in total. The molecule has 10 heavy (non-hydrogen) atoms. The summed E-state index contributed by atoms with van der Waals surface area (Å²) < 4.78 is 5.31. The van der Waals surface area contributed by atoms with Crippen molar-refractivity contribution >= 4 is 0 Å². The molecule has 0 aromatic carbocycles. The summed E-state index contributed by atoms with van der Waals surface area (Å²) in [4.78, 5) is 0. The van der Waals surface area contributed by atoms with Crippen LogP contribution in [0.25, 0.3) is 0 Å². The molecule has 1 aliphatic carbocycles. The molecular formula is C9H16O. The minimum absolute atomic E-state index is 0.394. The van der Waals surface area contributed by atoms with E-state index in [1.165, 1.54) is 18.4 Å². The van der Waals surface area contributed by atoms with Crippen LogP contribution >= 0.6 is 0 Å². The molecule has 0 amide bonds.